The van der Waals surface area contributed by atoms with E-state index in [2.05, 4.69) is 21.9 Å². The smallest absolute Gasteiger partial charge is 0.313 e. The van der Waals surface area contributed by atoms with Gasteiger partial charge in [-0.15, -0.1) is 0 Å². The maximum atomic E-state index is 13.6. The van der Waals surface area contributed by atoms with Crippen LogP contribution in [0.4, 0.5) is 27.6 Å². The molecule has 3 aromatic carbocycles. The van der Waals surface area contributed by atoms with Crippen molar-refractivity contribution in [1.82, 2.24) is 5.32 Å². The number of anilines is 1. The lowest BCUT2D eigenvalue weighted by Gasteiger charge is -2.26. The van der Waals surface area contributed by atoms with Gasteiger partial charge >= 0.3 is 5.97 Å². The molecular formula is C44H51F5N2O12. The summed E-state index contributed by atoms with van der Waals surface area (Å²) in [4.78, 5) is 39.1. The van der Waals surface area contributed by atoms with E-state index in [-0.39, 0.29) is 57.7 Å². The van der Waals surface area contributed by atoms with Gasteiger partial charge in [-0.05, 0) is 23.8 Å². The van der Waals surface area contributed by atoms with E-state index >= 15 is 0 Å². The van der Waals surface area contributed by atoms with Crippen molar-refractivity contribution in [2.24, 2.45) is 0 Å². The molecule has 344 valence electrons. The van der Waals surface area contributed by atoms with Gasteiger partial charge in [-0.3, -0.25) is 14.4 Å². The molecule has 0 aliphatic carbocycles. The highest BCUT2D eigenvalue weighted by atomic mass is 19.2. The fourth-order valence-corrected chi connectivity index (χ4v) is 5.55. The van der Waals surface area contributed by atoms with Gasteiger partial charge in [0.25, 0.3) is 0 Å². The Bertz CT molecular complexity index is 1940. The van der Waals surface area contributed by atoms with E-state index in [0.29, 0.717) is 85.8 Å². The van der Waals surface area contributed by atoms with Crippen LogP contribution in [0.1, 0.15) is 36.0 Å². The van der Waals surface area contributed by atoms with Crippen LogP contribution in [0.15, 0.2) is 48.5 Å². The predicted molar refractivity (Wildman–Crippen MR) is 215 cm³/mol. The number of nitrogens with zero attached hydrogens (tertiary/aromatic N) is 1. The van der Waals surface area contributed by atoms with Gasteiger partial charge in [0.05, 0.1) is 124 Å². The van der Waals surface area contributed by atoms with Crippen molar-refractivity contribution < 1.29 is 79.0 Å². The number of hydrogen-bond acceptors (Lipinski definition) is 12. The minimum atomic E-state index is -2.36. The molecule has 1 aliphatic rings. The van der Waals surface area contributed by atoms with Crippen LogP contribution in [-0.2, 0) is 58.8 Å². The maximum Gasteiger partial charge on any atom is 0.313 e. The van der Waals surface area contributed by atoms with Crippen LogP contribution < -0.4 is 15.0 Å². The molecule has 2 amide bonds. The number of fused-ring (bicyclic) bond motifs is 2. The zero-order chi connectivity index (χ0) is 45.1. The minimum absolute atomic E-state index is 0.0574. The first-order chi connectivity index (χ1) is 30.7. The lowest BCUT2D eigenvalue weighted by atomic mass is 10.0. The molecule has 14 nitrogen and oxygen atoms in total. The lowest BCUT2D eigenvalue weighted by Crippen LogP contribution is -2.34. The molecule has 0 spiro atoms. The number of ether oxygens (including phenoxy) is 9. The van der Waals surface area contributed by atoms with Crippen LogP contribution in [0, 0.1) is 40.9 Å². The van der Waals surface area contributed by atoms with Crippen LogP contribution in [0.25, 0.3) is 0 Å². The fraction of sp³-hybridized carbons (Fsp3) is 0.477. The average molecular weight is 895 g/mol. The maximum absolute atomic E-state index is 13.6. The molecule has 3 aromatic rings. The molecule has 1 aliphatic heterocycles. The zero-order valence-electron chi connectivity index (χ0n) is 34.7. The normalized spacial score (nSPS) is 11.9. The molecule has 1 heterocycles. The van der Waals surface area contributed by atoms with Crippen LogP contribution in [0.2, 0.25) is 0 Å². The number of para-hydroxylation sites is 1. The van der Waals surface area contributed by atoms with E-state index in [1.807, 2.05) is 48.5 Å². The summed E-state index contributed by atoms with van der Waals surface area (Å²) in [5.74, 6) is -8.21. The zero-order valence-corrected chi connectivity index (χ0v) is 34.7. The van der Waals surface area contributed by atoms with E-state index < -0.39 is 47.2 Å². The minimum Gasteiger partial charge on any atom is -0.420 e. The molecule has 0 saturated heterocycles. The number of rotatable bonds is 31. The summed E-state index contributed by atoms with van der Waals surface area (Å²) >= 11 is 0. The largest absolute Gasteiger partial charge is 0.420 e. The first kappa shape index (κ1) is 50.6. The second-order valence-electron chi connectivity index (χ2n) is 13.3. The summed E-state index contributed by atoms with van der Waals surface area (Å²) < 4.78 is 114. The standard InChI is InChI=1S/C44H51F5N2O12/c45-39-40(46)42(48)44(43(49)41(39)47)63-38(54)13-15-55-17-19-57-21-23-59-25-27-61-29-30-62-28-26-60-24-22-58-20-18-56-16-14-50-36(52)11-12-37(53)51-31-34-7-2-1-5-32(34)9-10-33-6-3-4-8-35(33)51/h1-8H,11-31H2,(H,50,52). The Morgan fingerprint density at radius 3 is 1.48 bits per heavy atom. The van der Waals surface area contributed by atoms with E-state index in [1.54, 1.807) is 4.90 Å². The lowest BCUT2D eigenvalue weighted by molar-refractivity contribution is -0.136. The summed E-state index contributed by atoms with van der Waals surface area (Å²) in [5, 5.41) is 2.79. The summed E-state index contributed by atoms with van der Waals surface area (Å²) in [6.45, 7) is 5.26. The molecule has 0 unspecified atom stereocenters. The highest BCUT2D eigenvalue weighted by Gasteiger charge is 2.28. The first-order valence-electron chi connectivity index (χ1n) is 20.3. The molecule has 0 aromatic heterocycles. The van der Waals surface area contributed by atoms with Crippen molar-refractivity contribution in [2.45, 2.75) is 25.8 Å². The second kappa shape index (κ2) is 29.3. The van der Waals surface area contributed by atoms with Crippen molar-refractivity contribution in [3.8, 4) is 17.6 Å². The molecule has 19 heteroatoms. The van der Waals surface area contributed by atoms with Crippen LogP contribution in [0.5, 0.6) is 5.75 Å². The number of benzene rings is 3. The monoisotopic (exact) mass is 894 g/mol. The molecule has 0 fully saturated rings. The van der Waals surface area contributed by atoms with Crippen molar-refractivity contribution in [3.05, 3.63) is 94.3 Å². The summed E-state index contributed by atoms with van der Waals surface area (Å²) in [7, 11) is 0. The van der Waals surface area contributed by atoms with Gasteiger partial charge in [0, 0.05) is 30.5 Å². The number of carbonyl (C=O) groups is 3. The molecule has 63 heavy (non-hydrogen) atoms. The molecule has 0 atom stereocenters. The van der Waals surface area contributed by atoms with Gasteiger partial charge in [-0.25, -0.2) is 13.2 Å². The Balaban J connectivity index is 0.850. The van der Waals surface area contributed by atoms with Crippen molar-refractivity contribution in [1.29, 1.82) is 0 Å². The number of amides is 2. The van der Waals surface area contributed by atoms with Gasteiger partial charge in [0.2, 0.25) is 46.6 Å². The highest BCUT2D eigenvalue weighted by molar-refractivity contribution is 5.96. The molecular weight excluding hydrogens is 843 g/mol. The Labute approximate surface area is 362 Å². The third-order valence-electron chi connectivity index (χ3n) is 8.75. The van der Waals surface area contributed by atoms with Crippen LogP contribution >= 0.6 is 0 Å². The fourth-order valence-electron chi connectivity index (χ4n) is 5.55. The summed E-state index contributed by atoms with van der Waals surface area (Å²) in [6, 6.07) is 15.2. The van der Waals surface area contributed by atoms with Gasteiger partial charge < -0.3 is 52.8 Å². The predicted octanol–water partition coefficient (Wildman–Crippen LogP) is 4.65. The van der Waals surface area contributed by atoms with E-state index in [4.69, 9.17) is 37.9 Å². The SMILES string of the molecule is O=C(CCC(=O)N1Cc2ccccc2C#Cc2ccccc21)NCCOCCOCCOCCOCCOCCOCCOCCOCCC(=O)Oc1c(F)c(F)c(F)c(F)c1F. The second-order valence-corrected chi connectivity index (χ2v) is 13.3. The Kier molecular flexibility index (Phi) is 23.6. The Morgan fingerprint density at radius 2 is 0.937 bits per heavy atom. The quantitative estimate of drug-likeness (QED) is 0.0182. The van der Waals surface area contributed by atoms with Gasteiger partial charge in [-0.2, -0.15) is 8.78 Å². The Morgan fingerprint density at radius 1 is 0.508 bits per heavy atom. The number of hydrogen-bond donors (Lipinski definition) is 1. The highest BCUT2D eigenvalue weighted by Crippen LogP contribution is 2.29. The van der Waals surface area contributed by atoms with E-state index in [0.717, 1.165) is 22.4 Å². The number of carbonyl (C=O) groups excluding carboxylic acids is 3. The van der Waals surface area contributed by atoms with Crippen molar-refractivity contribution in [2.75, 3.05) is 117 Å². The molecule has 1 N–H and O–H groups in total. The van der Waals surface area contributed by atoms with E-state index in [9.17, 15) is 36.3 Å². The Hall–Kier alpha value is -5.04. The summed E-state index contributed by atoms with van der Waals surface area (Å²) in [6.07, 6.45) is -0.380. The topological polar surface area (TPSA) is 150 Å². The van der Waals surface area contributed by atoms with Gasteiger partial charge in [0.15, 0.2) is 0 Å². The van der Waals surface area contributed by atoms with E-state index in [1.165, 1.54) is 0 Å². The molecule has 0 bridgehead atoms. The summed E-state index contributed by atoms with van der Waals surface area (Å²) in [5.41, 5.74) is 3.32. The number of halogens is 5. The van der Waals surface area contributed by atoms with Gasteiger partial charge in [-0.1, -0.05) is 42.2 Å². The van der Waals surface area contributed by atoms with Gasteiger partial charge in [0.1, 0.15) is 0 Å². The third kappa shape index (κ3) is 18.3. The first-order valence-corrected chi connectivity index (χ1v) is 20.3. The van der Waals surface area contributed by atoms with Crippen LogP contribution in [0.3, 0.4) is 0 Å². The van der Waals surface area contributed by atoms with Crippen molar-refractivity contribution >= 4 is 23.5 Å². The number of nitrogens with one attached hydrogen (secondary N) is 1. The average Bonchev–Trinajstić information content (AvgIpc) is 3.28. The van der Waals surface area contributed by atoms with Crippen LogP contribution in [-0.4, -0.2) is 130 Å². The molecule has 4 rings (SSSR count). The molecule has 0 radical (unpaired) electrons. The third-order valence-corrected chi connectivity index (χ3v) is 8.75. The number of esters is 1. The van der Waals surface area contributed by atoms with Crippen molar-refractivity contribution in [3.63, 3.8) is 0 Å². The molecule has 0 saturated carbocycles.